The smallest absolute Gasteiger partial charge is 0.206 e. The lowest BCUT2D eigenvalue weighted by atomic mass is 10.2. The van der Waals surface area contributed by atoms with Crippen molar-refractivity contribution in [1.29, 1.82) is 0 Å². The molecule has 27 heavy (non-hydrogen) atoms. The van der Waals surface area contributed by atoms with E-state index in [0.717, 1.165) is 48.7 Å². The topological polar surface area (TPSA) is 53.3 Å². The van der Waals surface area contributed by atoms with E-state index in [2.05, 4.69) is 14.8 Å². The van der Waals surface area contributed by atoms with Crippen LogP contribution in [0.25, 0.3) is 11.0 Å². The van der Waals surface area contributed by atoms with Crippen molar-refractivity contribution in [3.05, 3.63) is 57.3 Å². The Morgan fingerprint density at radius 2 is 1.93 bits per heavy atom. The Morgan fingerprint density at radius 1 is 1.15 bits per heavy atom. The van der Waals surface area contributed by atoms with Crippen LogP contribution < -0.4 is 10.2 Å². The summed E-state index contributed by atoms with van der Waals surface area (Å²) >= 11 is 12.2. The molecule has 0 unspecified atom stereocenters. The molecule has 142 valence electrons. The van der Waals surface area contributed by atoms with Gasteiger partial charge in [0.05, 0.1) is 29.2 Å². The Hall–Kier alpha value is -1.86. The lowest BCUT2D eigenvalue weighted by Crippen LogP contribution is -2.44. The number of fused-ring (bicyclic) bond motifs is 1. The molecule has 0 spiro atoms. The number of rotatable bonds is 4. The van der Waals surface area contributed by atoms with Gasteiger partial charge in [-0.25, -0.2) is 9.37 Å². The van der Waals surface area contributed by atoms with Crippen molar-refractivity contribution in [2.45, 2.75) is 13.2 Å². The second-order valence-corrected chi connectivity index (χ2v) is 7.42. The lowest BCUT2D eigenvalue weighted by molar-refractivity contribution is 0.283. The highest BCUT2D eigenvalue weighted by molar-refractivity contribution is 6.31. The van der Waals surface area contributed by atoms with Gasteiger partial charge in [0.2, 0.25) is 5.95 Å². The molecule has 3 aromatic rings. The molecule has 1 aromatic heterocycles. The van der Waals surface area contributed by atoms with Crippen LogP contribution in [0.3, 0.4) is 0 Å². The number of imidazole rings is 1. The van der Waals surface area contributed by atoms with Crippen LogP contribution in [0.5, 0.6) is 0 Å². The van der Waals surface area contributed by atoms with E-state index in [1.54, 1.807) is 18.2 Å². The average molecular weight is 409 g/mol. The standard InChI is InChI=1S/C19H19Cl2FN4O/c20-14-8-13(11-27)18-17(9-14)26(10-12-1-2-16(22)15(21)7-12)19(24-18)25-5-3-23-4-6-25/h1-2,7-9,23,27H,3-6,10-11H2. The molecule has 0 amide bonds. The van der Waals surface area contributed by atoms with Crippen molar-refractivity contribution in [1.82, 2.24) is 14.9 Å². The predicted molar refractivity (Wildman–Crippen MR) is 106 cm³/mol. The second kappa shape index (κ2) is 7.64. The van der Waals surface area contributed by atoms with Gasteiger partial charge in [0.1, 0.15) is 5.82 Å². The first kappa shape index (κ1) is 18.5. The molecule has 4 rings (SSSR count). The Bertz CT molecular complexity index is 985. The van der Waals surface area contributed by atoms with Crippen LogP contribution in [0.15, 0.2) is 30.3 Å². The van der Waals surface area contributed by atoms with Gasteiger partial charge in [-0.3, -0.25) is 0 Å². The number of nitrogens with one attached hydrogen (secondary N) is 1. The fraction of sp³-hybridized carbons (Fsp3) is 0.316. The number of aliphatic hydroxyl groups is 1. The number of benzene rings is 2. The molecular formula is C19H19Cl2FN4O. The van der Waals surface area contributed by atoms with Crippen LogP contribution in [-0.4, -0.2) is 40.8 Å². The fourth-order valence-corrected chi connectivity index (χ4v) is 3.88. The minimum atomic E-state index is -0.441. The van der Waals surface area contributed by atoms with Crippen LogP contribution in [-0.2, 0) is 13.2 Å². The summed E-state index contributed by atoms with van der Waals surface area (Å²) < 4.78 is 15.6. The highest BCUT2D eigenvalue weighted by Gasteiger charge is 2.21. The molecule has 2 aromatic carbocycles. The number of nitrogens with zero attached hydrogens (tertiary/aromatic N) is 3. The Kier molecular flexibility index (Phi) is 5.23. The molecule has 0 atom stereocenters. The molecule has 2 N–H and O–H groups in total. The number of aliphatic hydroxyl groups excluding tert-OH is 1. The summed E-state index contributed by atoms with van der Waals surface area (Å²) in [4.78, 5) is 7.02. The highest BCUT2D eigenvalue weighted by atomic mass is 35.5. The first-order chi connectivity index (χ1) is 13.1. The normalized spacial score (nSPS) is 14.9. The summed E-state index contributed by atoms with van der Waals surface area (Å²) in [5, 5.41) is 13.7. The summed E-state index contributed by atoms with van der Waals surface area (Å²) in [5.74, 6) is 0.368. The number of aromatic nitrogens is 2. The zero-order valence-corrected chi connectivity index (χ0v) is 16.1. The van der Waals surface area contributed by atoms with E-state index in [1.165, 1.54) is 6.07 Å². The van der Waals surface area contributed by atoms with E-state index < -0.39 is 5.82 Å². The number of hydrogen-bond acceptors (Lipinski definition) is 4. The zero-order valence-electron chi connectivity index (χ0n) is 14.6. The van der Waals surface area contributed by atoms with Gasteiger partial charge >= 0.3 is 0 Å². The Labute approximate surface area is 166 Å². The van der Waals surface area contributed by atoms with Gasteiger partial charge in [0.15, 0.2) is 0 Å². The maximum Gasteiger partial charge on any atom is 0.206 e. The maximum atomic E-state index is 13.5. The van der Waals surface area contributed by atoms with Gasteiger partial charge in [-0.2, -0.15) is 0 Å². The lowest BCUT2D eigenvalue weighted by Gasteiger charge is -2.29. The summed E-state index contributed by atoms with van der Waals surface area (Å²) in [6.07, 6.45) is 0. The van der Waals surface area contributed by atoms with Crippen LogP contribution in [0.2, 0.25) is 10.0 Å². The molecule has 0 saturated carbocycles. The molecule has 1 aliphatic rings. The van der Waals surface area contributed by atoms with Gasteiger partial charge in [0.25, 0.3) is 0 Å². The molecule has 0 bridgehead atoms. The third-order valence-corrected chi connectivity index (χ3v) is 5.28. The third kappa shape index (κ3) is 3.62. The van der Waals surface area contributed by atoms with Crippen molar-refractivity contribution in [3.63, 3.8) is 0 Å². The van der Waals surface area contributed by atoms with Gasteiger partial charge in [-0.05, 0) is 29.8 Å². The number of halogens is 3. The van der Waals surface area contributed by atoms with Crippen molar-refractivity contribution in [2.24, 2.45) is 0 Å². The van der Waals surface area contributed by atoms with Gasteiger partial charge in [-0.15, -0.1) is 0 Å². The van der Waals surface area contributed by atoms with E-state index in [-0.39, 0.29) is 11.6 Å². The third-order valence-electron chi connectivity index (χ3n) is 4.77. The number of hydrogen-bond donors (Lipinski definition) is 2. The SMILES string of the molecule is OCc1cc(Cl)cc2c1nc(N1CCNCC1)n2Cc1ccc(F)c(Cl)c1. The molecule has 1 saturated heterocycles. The first-order valence-corrected chi connectivity index (χ1v) is 9.51. The largest absolute Gasteiger partial charge is 0.392 e. The van der Waals surface area contributed by atoms with E-state index >= 15 is 0 Å². The highest BCUT2D eigenvalue weighted by Crippen LogP contribution is 2.30. The maximum absolute atomic E-state index is 13.5. The molecule has 8 heteroatoms. The van der Waals surface area contributed by atoms with Crippen LogP contribution in [0, 0.1) is 5.82 Å². The summed E-state index contributed by atoms with van der Waals surface area (Å²) in [7, 11) is 0. The van der Waals surface area contributed by atoms with Crippen molar-refractivity contribution >= 4 is 40.2 Å². The van der Waals surface area contributed by atoms with E-state index in [9.17, 15) is 9.50 Å². The van der Waals surface area contributed by atoms with E-state index in [4.69, 9.17) is 28.2 Å². The van der Waals surface area contributed by atoms with Gasteiger partial charge in [-0.1, -0.05) is 29.3 Å². The minimum absolute atomic E-state index is 0.0923. The van der Waals surface area contributed by atoms with Crippen LogP contribution in [0.4, 0.5) is 10.3 Å². The van der Waals surface area contributed by atoms with E-state index in [1.807, 2.05) is 6.07 Å². The minimum Gasteiger partial charge on any atom is -0.392 e. The van der Waals surface area contributed by atoms with E-state index in [0.29, 0.717) is 17.1 Å². The molecule has 1 aliphatic heterocycles. The summed E-state index contributed by atoms with van der Waals surface area (Å²) in [6.45, 7) is 3.74. The predicted octanol–water partition coefficient (Wildman–Crippen LogP) is 3.43. The van der Waals surface area contributed by atoms with Crippen molar-refractivity contribution < 1.29 is 9.50 Å². The molecule has 5 nitrogen and oxygen atoms in total. The second-order valence-electron chi connectivity index (χ2n) is 6.57. The average Bonchev–Trinajstić information content (AvgIpc) is 3.03. The summed E-state index contributed by atoms with van der Waals surface area (Å²) in [6, 6.07) is 8.29. The number of piperazine rings is 1. The molecule has 0 radical (unpaired) electrons. The molecule has 2 heterocycles. The van der Waals surface area contributed by atoms with Crippen molar-refractivity contribution in [2.75, 3.05) is 31.1 Å². The fourth-order valence-electron chi connectivity index (χ4n) is 3.45. The zero-order chi connectivity index (χ0) is 19.0. The molecular weight excluding hydrogens is 390 g/mol. The summed E-state index contributed by atoms with van der Waals surface area (Å²) in [5.41, 5.74) is 3.11. The van der Waals surface area contributed by atoms with Crippen molar-refractivity contribution in [3.8, 4) is 0 Å². The van der Waals surface area contributed by atoms with Gasteiger partial charge < -0.3 is 19.9 Å². The monoisotopic (exact) mass is 408 g/mol. The quantitative estimate of drug-likeness (QED) is 0.694. The number of anilines is 1. The van der Waals surface area contributed by atoms with Crippen LogP contribution >= 0.6 is 23.2 Å². The van der Waals surface area contributed by atoms with Crippen LogP contribution in [0.1, 0.15) is 11.1 Å². The molecule has 1 fully saturated rings. The Morgan fingerprint density at radius 3 is 2.63 bits per heavy atom. The molecule has 0 aliphatic carbocycles. The first-order valence-electron chi connectivity index (χ1n) is 8.76. The van der Waals surface area contributed by atoms with Gasteiger partial charge in [0, 0.05) is 36.8 Å². The Balaban J connectivity index is 1.86.